The van der Waals surface area contributed by atoms with Gasteiger partial charge in [0, 0.05) is 25.0 Å². The predicted molar refractivity (Wildman–Crippen MR) is 50.6 cm³/mol. The van der Waals surface area contributed by atoms with Crippen molar-refractivity contribution < 1.29 is 4.52 Å². The molecule has 2 heterocycles. The van der Waals surface area contributed by atoms with Crippen LogP contribution in [0.5, 0.6) is 0 Å². The van der Waals surface area contributed by atoms with E-state index in [9.17, 15) is 0 Å². The maximum atomic E-state index is 4.84. The highest BCUT2D eigenvalue weighted by atomic mass is 16.5. The Kier molecular flexibility index (Phi) is 2.40. The lowest BCUT2D eigenvalue weighted by molar-refractivity contribution is 0.388. The summed E-state index contributed by atoms with van der Waals surface area (Å²) in [5, 5.41) is 6.92. The quantitative estimate of drug-likeness (QED) is 0.792. The summed E-state index contributed by atoms with van der Waals surface area (Å²) in [7, 11) is 0. The number of rotatable bonds is 3. The van der Waals surface area contributed by atoms with Gasteiger partial charge >= 0.3 is 0 Å². The van der Waals surface area contributed by atoms with Crippen molar-refractivity contribution in [1.82, 2.24) is 15.1 Å². The number of aryl methyl sites for hydroxylation is 1. The van der Waals surface area contributed by atoms with Crippen LogP contribution in [-0.4, -0.2) is 15.1 Å². The molecule has 72 valence electrons. The van der Waals surface area contributed by atoms with Crippen molar-refractivity contribution in [2.75, 3.05) is 5.32 Å². The molecule has 0 aromatic carbocycles. The van der Waals surface area contributed by atoms with Gasteiger partial charge in [0.2, 0.25) is 5.89 Å². The molecule has 1 N–H and O–H groups in total. The van der Waals surface area contributed by atoms with Crippen LogP contribution in [0.1, 0.15) is 11.7 Å². The van der Waals surface area contributed by atoms with E-state index in [4.69, 9.17) is 4.52 Å². The summed E-state index contributed by atoms with van der Waals surface area (Å²) in [4.78, 5) is 7.98. The largest absolute Gasteiger partial charge is 0.378 e. The summed E-state index contributed by atoms with van der Waals surface area (Å²) in [6, 6.07) is 3.76. The van der Waals surface area contributed by atoms with Gasteiger partial charge in [-0.3, -0.25) is 4.98 Å². The van der Waals surface area contributed by atoms with E-state index in [1.165, 1.54) is 0 Å². The van der Waals surface area contributed by atoms with Gasteiger partial charge in [-0.05, 0) is 12.1 Å². The third-order valence-corrected chi connectivity index (χ3v) is 1.70. The number of nitrogens with zero attached hydrogens (tertiary/aromatic N) is 3. The molecule has 0 aliphatic carbocycles. The fourth-order valence-corrected chi connectivity index (χ4v) is 1.06. The average molecular weight is 190 g/mol. The number of pyridine rings is 1. The van der Waals surface area contributed by atoms with E-state index in [1.54, 1.807) is 19.3 Å². The predicted octanol–water partition coefficient (Wildman–Crippen LogP) is 1.39. The van der Waals surface area contributed by atoms with Gasteiger partial charge in [0.05, 0.1) is 6.54 Å². The van der Waals surface area contributed by atoms with Crippen molar-refractivity contribution in [3.63, 3.8) is 0 Å². The molecule has 2 aromatic rings. The van der Waals surface area contributed by atoms with E-state index < -0.39 is 0 Å². The SMILES string of the molecule is Cc1nc(CNc2ccncc2)no1. The zero-order chi connectivity index (χ0) is 9.80. The van der Waals surface area contributed by atoms with Crippen LogP contribution in [-0.2, 0) is 6.54 Å². The van der Waals surface area contributed by atoms with Crippen LogP contribution in [0.2, 0.25) is 0 Å². The van der Waals surface area contributed by atoms with Crippen LogP contribution < -0.4 is 5.32 Å². The Hall–Kier alpha value is -1.91. The topological polar surface area (TPSA) is 63.8 Å². The maximum Gasteiger partial charge on any atom is 0.223 e. The third kappa shape index (κ3) is 2.07. The summed E-state index contributed by atoms with van der Waals surface area (Å²) in [6.45, 7) is 2.32. The van der Waals surface area contributed by atoms with Gasteiger partial charge in [-0.15, -0.1) is 0 Å². The van der Waals surface area contributed by atoms with Gasteiger partial charge in [-0.25, -0.2) is 0 Å². The van der Waals surface area contributed by atoms with E-state index in [1.807, 2.05) is 12.1 Å². The molecule has 0 atom stereocenters. The summed E-state index contributed by atoms with van der Waals surface area (Å²) in [5.41, 5.74) is 0.988. The van der Waals surface area contributed by atoms with E-state index in [2.05, 4.69) is 20.4 Å². The Balaban J connectivity index is 1.95. The van der Waals surface area contributed by atoms with E-state index in [0.29, 0.717) is 18.3 Å². The van der Waals surface area contributed by atoms with Crippen LogP contribution in [0, 0.1) is 6.92 Å². The Labute approximate surface area is 81.2 Å². The van der Waals surface area contributed by atoms with E-state index in [-0.39, 0.29) is 0 Å². The molecule has 0 saturated carbocycles. The molecule has 5 heteroatoms. The highest BCUT2D eigenvalue weighted by Gasteiger charge is 2.00. The van der Waals surface area contributed by atoms with Crippen molar-refractivity contribution >= 4 is 5.69 Å². The smallest absolute Gasteiger partial charge is 0.223 e. The lowest BCUT2D eigenvalue weighted by Gasteiger charge is -2.00. The number of aromatic nitrogens is 3. The number of anilines is 1. The minimum Gasteiger partial charge on any atom is -0.378 e. The molecule has 0 aliphatic rings. The van der Waals surface area contributed by atoms with Crippen LogP contribution in [0.3, 0.4) is 0 Å². The lowest BCUT2D eigenvalue weighted by atomic mass is 10.4. The highest BCUT2D eigenvalue weighted by Crippen LogP contribution is 2.05. The average Bonchev–Trinajstić information content (AvgIpc) is 2.63. The molecule has 2 aromatic heterocycles. The second kappa shape index (κ2) is 3.87. The number of hydrogen-bond donors (Lipinski definition) is 1. The summed E-state index contributed by atoms with van der Waals surface area (Å²) in [5.74, 6) is 1.23. The van der Waals surface area contributed by atoms with Crippen molar-refractivity contribution in [2.24, 2.45) is 0 Å². The Morgan fingerprint density at radius 2 is 2.14 bits per heavy atom. The Morgan fingerprint density at radius 3 is 2.79 bits per heavy atom. The molecule has 0 amide bonds. The maximum absolute atomic E-state index is 4.84. The van der Waals surface area contributed by atoms with Gasteiger partial charge in [0.1, 0.15) is 0 Å². The first-order valence-corrected chi connectivity index (χ1v) is 4.28. The first-order chi connectivity index (χ1) is 6.84. The van der Waals surface area contributed by atoms with Gasteiger partial charge in [-0.1, -0.05) is 5.16 Å². The van der Waals surface area contributed by atoms with Crippen LogP contribution >= 0.6 is 0 Å². The zero-order valence-electron chi connectivity index (χ0n) is 7.77. The molecule has 2 rings (SSSR count). The van der Waals surface area contributed by atoms with Crippen LogP contribution in [0.15, 0.2) is 29.0 Å². The fraction of sp³-hybridized carbons (Fsp3) is 0.222. The normalized spacial score (nSPS) is 10.1. The minimum atomic E-state index is 0.557. The van der Waals surface area contributed by atoms with Crippen molar-refractivity contribution in [3.05, 3.63) is 36.2 Å². The van der Waals surface area contributed by atoms with E-state index >= 15 is 0 Å². The van der Waals surface area contributed by atoms with Crippen LogP contribution in [0.4, 0.5) is 5.69 Å². The second-order valence-corrected chi connectivity index (χ2v) is 2.82. The molecule has 0 unspecified atom stereocenters. The summed E-state index contributed by atoms with van der Waals surface area (Å²) in [6.07, 6.45) is 3.45. The Morgan fingerprint density at radius 1 is 1.36 bits per heavy atom. The molecule has 0 radical (unpaired) electrons. The van der Waals surface area contributed by atoms with Crippen LogP contribution in [0.25, 0.3) is 0 Å². The highest BCUT2D eigenvalue weighted by molar-refractivity contribution is 5.40. The summed E-state index contributed by atoms with van der Waals surface area (Å²) >= 11 is 0. The molecule has 14 heavy (non-hydrogen) atoms. The van der Waals surface area contributed by atoms with Crippen molar-refractivity contribution in [2.45, 2.75) is 13.5 Å². The van der Waals surface area contributed by atoms with Gasteiger partial charge in [-0.2, -0.15) is 4.98 Å². The number of hydrogen-bond acceptors (Lipinski definition) is 5. The Bertz CT molecular complexity index is 398. The van der Waals surface area contributed by atoms with Gasteiger partial charge in [0.15, 0.2) is 5.82 Å². The molecular formula is C9H10N4O. The van der Waals surface area contributed by atoms with Gasteiger partial charge in [0.25, 0.3) is 0 Å². The molecule has 0 bridgehead atoms. The molecular weight excluding hydrogens is 180 g/mol. The molecule has 0 spiro atoms. The minimum absolute atomic E-state index is 0.557. The first-order valence-electron chi connectivity index (χ1n) is 4.28. The number of nitrogens with one attached hydrogen (secondary N) is 1. The van der Waals surface area contributed by atoms with E-state index in [0.717, 1.165) is 5.69 Å². The second-order valence-electron chi connectivity index (χ2n) is 2.82. The lowest BCUT2D eigenvalue weighted by Crippen LogP contribution is -2.00. The zero-order valence-corrected chi connectivity index (χ0v) is 7.77. The third-order valence-electron chi connectivity index (χ3n) is 1.70. The molecule has 0 fully saturated rings. The standard InChI is InChI=1S/C9H10N4O/c1-7-12-9(13-14-7)6-11-8-2-4-10-5-3-8/h2-5H,6H2,1H3,(H,10,11). The molecule has 0 saturated heterocycles. The fourth-order valence-electron chi connectivity index (χ4n) is 1.06. The van der Waals surface area contributed by atoms with Crippen molar-refractivity contribution in [3.8, 4) is 0 Å². The molecule has 5 nitrogen and oxygen atoms in total. The summed E-state index contributed by atoms with van der Waals surface area (Å²) < 4.78 is 4.84. The van der Waals surface area contributed by atoms with Gasteiger partial charge < -0.3 is 9.84 Å². The molecule has 0 aliphatic heterocycles. The first kappa shape index (κ1) is 8.68. The monoisotopic (exact) mass is 190 g/mol. The van der Waals surface area contributed by atoms with Crippen molar-refractivity contribution in [1.29, 1.82) is 0 Å².